The Balaban J connectivity index is 1.41. The van der Waals surface area contributed by atoms with E-state index in [1.807, 2.05) is 30.3 Å². The highest BCUT2D eigenvalue weighted by Gasteiger charge is 2.28. The van der Waals surface area contributed by atoms with Crippen LogP contribution in [0.4, 0.5) is 5.69 Å². The average molecular weight is 544 g/mol. The van der Waals surface area contributed by atoms with E-state index in [-0.39, 0.29) is 12.0 Å². The number of sulfonamides is 1. The highest BCUT2D eigenvalue weighted by Crippen LogP contribution is 2.38. The van der Waals surface area contributed by atoms with E-state index in [1.165, 1.54) is 35.3 Å². The summed E-state index contributed by atoms with van der Waals surface area (Å²) < 4.78 is 30.9. The van der Waals surface area contributed by atoms with Gasteiger partial charge in [-0.05, 0) is 71.4 Å². The normalized spacial score (nSPS) is 15.2. The van der Waals surface area contributed by atoms with Gasteiger partial charge >= 0.3 is 5.97 Å². The molecule has 202 valence electrons. The molecule has 1 atom stereocenters. The zero-order valence-corrected chi connectivity index (χ0v) is 23.0. The summed E-state index contributed by atoms with van der Waals surface area (Å²) in [5.74, 6) is -0.371. The van der Waals surface area contributed by atoms with Gasteiger partial charge in [0.05, 0.1) is 13.4 Å². The first-order valence-corrected chi connectivity index (χ1v) is 14.9. The maximum absolute atomic E-state index is 11.8. The number of fused-ring (bicyclic) bond motifs is 2. The van der Waals surface area contributed by atoms with Gasteiger partial charge in [0.25, 0.3) is 0 Å². The molecule has 2 N–H and O–H groups in total. The van der Waals surface area contributed by atoms with Gasteiger partial charge in [0, 0.05) is 48.0 Å². The molecule has 7 nitrogen and oxygen atoms in total. The van der Waals surface area contributed by atoms with Crippen molar-refractivity contribution in [2.75, 3.05) is 24.6 Å². The van der Waals surface area contributed by atoms with Crippen LogP contribution in [0, 0.1) is 0 Å². The van der Waals surface area contributed by atoms with Gasteiger partial charge in [0.15, 0.2) is 0 Å². The summed E-state index contributed by atoms with van der Waals surface area (Å²) in [6, 6.07) is 22.6. The van der Waals surface area contributed by atoms with Gasteiger partial charge in [-0.1, -0.05) is 48.5 Å². The van der Waals surface area contributed by atoms with Crippen molar-refractivity contribution in [1.82, 2.24) is 9.88 Å². The van der Waals surface area contributed by atoms with Gasteiger partial charge in [0.1, 0.15) is 0 Å². The predicted octanol–water partition coefficient (Wildman–Crippen LogP) is 5.46. The van der Waals surface area contributed by atoms with Crippen molar-refractivity contribution in [2.24, 2.45) is 0 Å². The summed E-state index contributed by atoms with van der Waals surface area (Å²) in [4.78, 5) is 17.4. The molecule has 5 rings (SSSR count). The zero-order valence-electron chi connectivity index (χ0n) is 22.2. The lowest BCUT2D eigenvalue weighted by Gasteiger charge is -2.30. The number of aromatic amines is 1. The topological polar surface area (TPSA) is 91.5 Å². The van der Waals surface area contributed by atoms with E-state index in [9.17, 15) is 13.2 Å². The Kier molecular flexibility index (Phi) is 7.86. The molecular formula is C31H33N3O4S. The standard InChI is InChI=1S/C31H33N3O4S/c1-38-31(35)15-11-22-10-13-28-24(18-22)12-14-30(28)34(17-16-25-20-32-29-9-4-3-8-27(25)29)21-23-6-5-7-26(19-23)33-39(2,36)37/h3-11,13,15,18-20,30,32-33H,12,14,16-17,21H2,1-2H3. The van der Waals surface area contributed by atoms with Crippen LogP contribution >= 0.6 is 0 Å². The van der Waals surface area contributed by atoms with Crippen molar-refractivity contribution >= 4 is 38.7 Å². The fourth-order valence-electron chi connectivity index (χ4n) is 5.46. The number of nitrogens with one attached hydrogen (secondary N) is 2. The summed E-state index contributed by atoms with van der Waals surface area (Å²) in [5, 5.41) is 1.24. The Labute approximate surface area is 229 Å². The minimum atomic E-state index is -3.36. The molecule has 0 fully saturated rings. The Morgan fingerprint density at radius 3 is 2.79 bits per heavy atom. The summed E-state index contributed by atoms with van der Waals surface area (Å²) in [6.07, 6.45) is 9.33. The number of aromatic nitrogens is 1. The van der Waals surface area contributed by atoms with Gasteiger partial charge in [-0.2, -0.15) is 0 Å². The Morgan fingerprint density at radius 1 is 1.13 bits per heavy atom. The molecule has 0 amide bonds. The third-order valence-electron chi connectivity index (χ3n) is 7.23. The van der Waals surface area contributed by atoms with E-state index < -0.39 is 10.0 Å². The quantitative estimate of drug-likeness (QED) is 0.205. The second kappa shape index (κ2) is 11.5. The zero-order chi connectivity index (χ0) is 27.4. The van der Waals surface area contributed by atoms with Crippen LogP contribution in [0.1, 0.15) is 40.3 Å². The van der Waals surface area contributed by atoms with Crippen molar-refractivity contribution in [3.63, 3.8) is 0 Å². The van der Waals surface area contributed by atoms with Crippen LogP contribution in [-0.2, 0) is 38.9 Å². The monoisotopic (exact) mass is 543 g/mol. The summed E-state index contributed by atoms with van der Waals surface area (Å²) in [7, 11) is -1.98. The minimum Gasteiger partial charge on any atom is -0.466 e. The highest BCUT2D eigenvalue weighted by molar-refractivity contribution is 7.92. The number of hydrogen-bond donors (Lipinski definition) is 2. The second-order valence-electron chi connectivity index (χ2n) is 10.0. The maximum Gasteiger partial charge on any atom is 0.330 e. The molecule has 1 aliphatic rings. The molecule has 0 aliphatic heterocycles. The number of carbonyl (C=O) groups excluding carboxylic acids is 1. The van der Waals surface area contributed by atoms with E-state index in [4.69, 9.17) is 4.74 Å². The van der Waals surface area contributed by atoms with Crippen LogP contribution in [0.2, 0.25) is 0 Å². The number of aryl methyl sites for hydroxylation is 1. The number of hydrogen-bond acceptors (Lipinski definition) is 5. The Hall–Kier alpha value is -3.88. The molecular weight excluding hydrogens is 510 g/mol. The van der Waals surface area contributed by atoms with Crippen molar-refractivity contribution in [2.45, 2.75) is 31.8 Å². The first-order chi connectivity index (χ1) is 18.8. The summed E-state index contributed by atoms with van der Waals surface area (Å²) >= 11 is 0. The van der Waals surface area contributed by atoms with Gasteiger partial charge < -0.3 is 9.72 Å². The molecule has 1 unspecified atom stereocenters. The first kappa shape index (κ1) is 26.7. The molecule has 3 aromatic carbocycles. The number of H-pyrrole nitrogens is 1. The molecule has 39 heavy (non-hydrogen) atoms. The SMILES string of the molecule is COC(=O)C=Cc1ccc2c(c1)CCC2N(CCc1c[nH]c2ccccc12)Cc1cccc(NS(C)(=O)=O)c1. The van der Waals surface area contributed by atoms with E-state index in [0.717, 1.165) is 48.7 Å². The van der Waals surface area contributed by atoms with Crippen LogP contribution < -0.4 is 4.72 Å². The highest BCUT2D eigenvalue weighted by atomic mass is 32.2. The number of methoxy groups -OCH3 is 1. The van der Waals surface area contributed by atoms with Crippen molar-refractivity contribution in [1.29, 1.82) is 0 Å². The number of esters is 1. The third-order valence-corrected chi connectivity index (χ3v) is 7.83. The van der Waals surface area contributed by atoms with Crippen LogP contribution in [0.3, 0.4) is 0 Å². The van der Waals surface area contributed by atoms with E-state index in [1.54, 1.807) is 12.1 Å². The molecule has 0 saturated heterocycles. The van der Waals surface area contributed by atoms with Gasteiger partial charge in [-0.25, -0.2) is 13.2 Å². The third kappa shape index (κ3) is 6.58. The number of nitrogens with zero attached hydrogens (tertiary/aromatic N) is 1. The van der Waals surface area contributed by atoms with Crippen LogP contribution in [-0.4, -0.2) is 44.2 Å². The van der Waals surface area contributed by atoms with E-state index >= 15 is 0 Å². The molecule has 1 aromatic heterocycles. The lowest BCUT2D eigenvalue weighted by atomic mass is 10.0. The minimum absolute atomic E-state index is 0.232. The number of benzene rings is 3. The average Bonchev–Trinajstić information content (AvgIpc) is 3.53. The van der Waals surface area contributed by atoms with Gasteiger partial charge in [-0.3, -0.25) is 9.62 Å². The second-order valence-corrected chi connectivity index (χ2v) is 11.8. The molecule has 0 radical (unpaired) electrons. The summed E-state index contributed by atoms with van der Waals surface area (Å²) in [5.41, 5.74) is 7.60. The molecule has 0 saturated carbocycles. The molecule has 1 aliphatic carbocycles. The molecule has 0 bridgehead atoms. The van der Waals surface area contributed by atoms with Crippen LogP contribution in [0.5, 0.6) is 0 Å². The van der Waals surface area contributed by atoms with E-state index in [2.05, 4.69) is 51.1 Å². The molecule has 1 heterocycles. The Morgan fingerprint density at radius 2 is 1.97 bits per heavy atom. The van der Waals surface area contributed by atoms with E-state index in [0.29, 0.717) is 12.2 Å². The summed E-state index contributed by atoms with van der Waals surface area (Å²) in [6.45, 7) is 1.54. The van der Waals surface area contributed by atoms with Crippen molar-refractivity contribution in [3.05, 3.63) is 107 Å². The lowest BCUT2D eigenvalue weighted by Crippen LogP contribution is -2.29. The number of ether oxygens (including phenoxy) is 1. The van der Waals surface area contributed by atoms with Gasteiger partial charge in [-0.15, -0.1) is 0 Å². The van der Waals surface area contributed by atoms with Crippen molar-refractivity contribution < 1.29 is 17.9 Å². The van der Waals surface area contributed by atoms with Crippen LogP contribution in [0.15, 0.2) is 79.0 Å². The van der Waals surface area contributed by atoms with Gasteiger partial charge in [0.2, 0.25) is 10.0 Å². The van der Waals surface area contributed by atoms with Crippen molar-refractivity contribution in [3.8, 4) is 0 Å². The largest absolute Gasteiger partial charge is 0.466 e. The Bertz CT molecular complexity index is 1620. The number of para-hydroxylation sites is 1. The maximum atomic E-state index is 11.8. The van der Waals surface area contributed by atoms with Crippen LogP contribution in [0.25, 0.3) is 17.0 Å². The lowest BCUT2D eigenvalue weighted by molar-refractivity contribution is -0.134. The molecule has 8 heteroatoms. The fourth-order valence-corrected chi connectivity index (χ4v) is 6.01. The molecule has 4 aromatic rings. The smallest absolute Gasteiger partial charge is 0.330 e. The number of carbonyl (C=O) groups is 1. The molecule has 0 spiro atoms. The number of rotatable bonds is 10. The predicted molar refractivity (Wildman–Crippen MR) is 156 cm³/mol. The fraction of sp³-hybridized carbons (Fsp3) is 0.258. The number of anilines is 1. The first-order valence-electron chi connectivity index (χ1n) is 13.0.